The summed E-state index contributed by atoms with van der Waals surface area (Å²) >= 11 is 5.90. The molecule has 182 valence electrons. The van der Waals surface area contributed by atoms with Crippen LogP contribution in [-0.2, 0) is 18.4 Å². The van der Waals surface area contributed by atoms with Crippen molar-refractivity contribution >= 4 is 78.0 Å². The summed E-state index contributed by atoms with van der Waals surface area (Å²) in [6.45, 7) is 3.33. The topological polar surface area (TPSA) is 71.0 Å². The molecule has 0 spiro atoms. The van der Waals surface area contributed by atoms with Crippen molar-refractivity contribution in [2.75, 3.05) is 31.4 Å². The van der Waals surface area contributed by atoms with Gasteiger partial charge >= 0.3 is 5.13 Å². The van der Waals surface area contributed by atoms with Crippen LogP contribution in [0.25, 0.3) is 9.93 Å². The van der Waals surface area contributed by atoms with Gasteiger partial charge in [-0.15, -0.1) is 23.1 Å². The van der Waals surface area contributed by atoms with Crippen LogP contribution >= 0.6 is 46.2 Å². The molecular weight excluding hydrogens is 523 g/mol. The Bertz CT molecular complexity index is 1500. The molecule has 35 heavy (non-hydrogen) atoms. The van der Waals surface area contributed by atoms with Crippen LogP contribution in [0.3, 0.4) is 0 Å². The van der Waals surface area contributed by atoms with Crippen LogP contribution < -0.4 is 29.0 Å². The summed E-state index contributed by atoms with van der Waals surface area (Å²) in [5.74, 6) is 1.47. The first-order chi connectivity index (χ1) is 16.9. The molecule has 0 N–H and O–H groups in total. The lowest BCUT2D eigenvalue weighted by atomic mass is 10.2. The second-order valence-corrected chi connectivity index (χ2v) is 11.8. The molecule has 3 aromatic rings. The quantitative estimate of drug-likeness (QED) is 0.467. The highest BCUT2D eigenvalue weighted by Crippen LogP contribution is 2.37. The van der Waals surface area contributed by atoms with Crippen molar-refractivity contribution in [2.24, 2.45) is 12.0 Å². The third-order valence-electron chi connectivity index (χ3n) is 5.66. The van der Waals surface area contributed by atoms with E-state index in [4.69, 9.17) is 9.73 Å². The highest BCUT2D eigenvalue weighted by atomic mass is 32.2. The van der Waals surface area contributed by atoms with Gasteiger partial charge in [-0.05, 0) is 47.9 Å². The van der Waals surface area contributed by atoms with E-state index in [1.807, 2.05) is 61.4 Å². The monoisotopic (exact) mass is 546 g/mol. The highest BCUT2D eigenvalue weighted by molar-refractivity contribution is 8.23. The molecule has 0 radical (unpaired) electrons. The van der Waals surface area contributed by atoms with Crippen LogP contribution in [0.1, 0.15) is 6.92 Å². The molecule has 2 fully saturated rings. The maximum Gasteiger partial charge on any atom is 0.384 e. The lowest BCUT2D eigenvalue weighted by Gasteiger charge is -2.13. The molecule has 2 aliphatic heterocycles. The van der Waals surface area contributed by atoms with Crippen molar-refractivity contribution in [1.29, 1.82) is 0 Å². The van der Waals surface area contributed by atoms with Gasteiger partial charge in [-0.2, -0.15) is 0 Å². The molecule has 8 nitrogen and oxygen atoms in total. The van der Waals surface area contributed by atoms with Gasteiger partial charge in [0.2, 0.25) is 0 Å². The van der Waals surface area contributed by atoms with E-state index >= 15 is 0 Å². The Morgan fingerprint density at radius 2 is 1.97 bits per heavy atom. The number of anilines is 1. The van der Waals surface area contributed by atoms with Gasteiger partial charge in [0.1, 0.15) is 26.0 Å². The Balaban J connectivity index is 1.73. The molecule has 1 aromatic carbocycles. The second-order valence-electron chi connectivity index (χ2n) is 7.82. The van der Waals surface area contributed by atoms with Crippen LogP contribution in [0.5, 0.6) is 5.75 Å². The molecule has 5 rings (SSSR count). The number of aromatic nitrogens is 2. The molecule has 0 unspecified atom stereocenters. The summed E-state index contributed by atoms with van der Waals surface area (Å²) < 4.78 is 10.3. The third kappa shape index (κ3) is 4.32. The number of methoxy groups -OCH3 is 1. The average molecular weight is 547 g/mol. The molecule has 0 saturated carbocycles. The summed E-state index contributed by atoms with van der Waals surface area (Å²) in [5, 5.41) is 4.27. The number of amides is 1. The number of rotatable bonds is 4. The van der Waals surface area contributed by atoms with Crippen molar-refractivity contribution in [3.8, 4) is 5.75 Å². The average Bonchev–Trinajstić information content (AvgIpc) is 3.61. The third-order valence-corrected chi connectivity index (χ3v) is 10.2. The maximum atomic E-state index is 13.9. The number of carbonyl (C=O) groups excluding carboxylic acids is 1. The zero-order valence-electron chi connectivity index (χ0n) is 19.7. The fourth-order valence-corrected chi connectivity index (χ4v) is 8.32. The Hall–Kier alpha value is -2.54. The van der Waals surface area contributed by atoms with E-state index in [0.29, 0.717) is 37.2 Å². The van der Waals surface area contributed by atoms with Crippen molar-refractivity contribution in [2.45, 2.75) is 13.5 Å². The molecule has 2 aromatic heterocycles. The molecular formula is C23H24N5O3S4+. The van der Waals surface area contributed by atoms with E-state index in [2.05, 4.69) is 4.90 Å². The molecule has 0 aliphatic carbocycles. The van der Waals surface area contributed by atoms with Gasteiger partial charge in [0.25, 0.3) is 16.6 Å². The van der Waals surface area contributed by atoms with Crippen molar-refractivity contribution in [3.05, 3.63) is 55.4 Å². The molecule has 4 heterocycles. The van der Waals surface area contributed by atoms with Gasteiger partial charge in [-0.25, -0.2) is 9.47 Å². The molecule has 2 saturated heterocycles. The van der Waals surface area contributed by atoms with Crippen LogP contribution in [0.15, 0.2) is 45.6 Å². The number of aliphatic imine (C=N–C) groups is 1. The first-order valence-electron chi connectivity index (χ1n) is 10.9. The van der Waals surface area contributed by atoms with Gasteiger partial charge in [0, 0.05) is 31.3 Å². The van der Waals surface area contributed by atoms with Crippen molar-refractivity contribution in [3.63, 3.8) is 0 Å². The van der Waals surface area contributed by atoms with E-state index in [-0.39, 0.29) is 11.5 Å². The Kier molecular flexibility index (Phi) is 6.80. The van der Waals surface area contributed by atoms with Crippen LogP contribution in [0.4, 0.5) is 10.8 Å². The number of carbonyl (C=O) groups is 1. The smallest absolute Gasteiger partial charge is 0.384 e. The lowest BCUT2D eigenvalue weighted by Crippen LogP contribution is -2.34. The zero-order chi connectivity index (χ0) is 24.7. The second kappa shape index (κ2) is 9.84. The Labute approximate surface area is 218 Å². The van der Waals surface area contributed by atoms with E-state index < -0.39 is 0 Å². The lowest BCUT2D eigenvalue weighted by molar-refractivity contribution is -0.653. The molecule has 0 atom stereocenters. The molecule has 0 bridgehead atoms. The van der Waals surface area contributed by atoms with Crippen LogP contribution in [0, 0.1) is 0 Å². The van der Waals surface area contributed by atoms with Gasteiger partial charge in [0.15, 0.2) is 0 Å². The van der Waals surface area contributed by atoms with Gasteiger partial charge in [0.05, 0.1) is 24.9 Å². The van der Waals surface area contributed by atoms with E-state index in [1.54, 1.807) is 28.3 Å². The molecule has 1 amide bonds. The number of benzene rings is 1. The van der Waals surface area contributed by atoms with E-state index in [9.17, 15) is 9.59 Å². The summed E-state index contributed by atoms with van der Waals surface area (Å²) in [4.78, 5) is 36.3. The minimum Gasteiger partial charge on any atom is -0.497 e. The predicted molar refractivity (Wildman–Crippen MR) is 146 cm³/mol. The van der Waals surface area contributed by atoms with Crippen LogP contribution in [-0.4, -0.2) is 47.0 Å². The van der Waals surface area contributed by atoms with Gasteiger partial charge < -0.3 is 9.64 Å². The minimum atomic E-state index is -0.189. The number of hydrogen-bond acceptors (Lipinski definition) is 9. The standard InChI is InChI=1S/C23H24N5O3S4/c1-5-27-18(29)16(20-25(2)10-12-32-20)34-21(27)17-19(30)28(14-6-8-15(31-4)9-7-14)23(35-17)24-22-26(3)11-13-33-22/h6-9,11,13H,5,10,12H2,1-4H3/q+1/b20-16+,21-17-. The number of ether oxygens (including phenoxy) is 1. The van der Waals surface area contributed by atoms with Crippen LogP contribution in [0.2, 0.25) is 0 Å². The summed E-state index contributed by atoms with van der Waals surface area (Å²) in [6, 6.07) is 7.33. The number of thiazole rings is 2. The predicted octanol–water partition coefficient (Wildman–Crippen LogP) is 2.14. The number of amidine groups is 1. The van der Waals surface area contributed by atoms with Crippen molar-refractivity contribution < 1.29 is 14.1 Å². The van der Waals surface area contributed by atoms with E-state index in [1.165, 1.54) is 34.4 Å². The first kappa shape index (κ1) is 24.2. The summed E-state index contributed by atoms with van der Waals surface area (Å²) in [7, 11) is 5.54. The largest absolute Gasteiger partial charge is 0.497 e. The van der Waals surface area contributed by atoms with Gasteiger partial charge in [-0.3, -0.25) is 14.2 Å². The number of aryl methyl sites for hydroxylation is 1. The van der Waals surface area contributed by atoms with Crippen molar-refractivity contribution in [1.82, 2.24) is 9.47 Å². The Morgan fingerprint density at radius 1 is 1.20 bits per heavy atom. The normalized spacial score (nSPS) is 20.5. The van der Waals surface area contributed by atoms with Gasteiger partial charge in [-0.1, -0.05) is 11.3 Å². The Morgan fingerprint density at radius 3 is 2.57 bits per heavy atom. The van der Waals surface area contributed by atoms with E-state index in [0.717, 1.165) is 22.5 Å². The molecule has 2 aliphatic rings. The number of hydrogen-bond donors (Lipinski definition) is 0. The number of nitrogens with zero attached hydrogens (tertiary/aromatic N) is 5. The zero-order valence-corrected chi connectivity index (χ0v) is 22.9. The fraction of sp³-hybridized carbons (Fsp3) is 0.304. The first-order valence-corrected chi connectivity index (χ1v) is 14.4. The summed E-state index contributed by atoms with van der Waals surface area (Å²) in [5.41, 5.74) is 0.648. The highest BCUT2D eigenvalue weighted by Gasteiger charge is 2.40. The SMILES string of the molecule is CCn1c(=O)/c(=C2\SCCN2C)s/c1=C1\S/C(=N\c2scc[n+]2C)N(c2ccc(OC)cc2)C1=O. The molecule has 12 heteroatoms. The maximum absolute atomic E-state index is 13.9. The summed E-state index contributed by atoms with van der Waals surface area (Å²) in [6.07, 6.45) is 1.93. The number of thioether (sulfide) groups is 2. The minimum absolute atomic E-state index is 0.0457. The fourth-order valence-electron chi connectivity index (χ4n) is 3.78.